The number of halogens is 1. The monoisotopic (exact) mass is 370 g/mol. The van der Waals surface area contributed by atoms with Gasteiger partial charge in [-0.3, -0.25) is 4.79 Å². The third-order valence-corrected chi connectivity index (χ3v) is 5.61. The lowest BCUT2D eigenvalue weighted by Gasteiger charge is -2.28. The molecule has 1 unspecified atom stereocenters. The van der Waals surface area contributed by atoms with Crippen molar-refractivity contribution in [1.82, 2.24) is 20.8 Å². The number of aromatic nitrogens is 2. The number of hydrogen-bond donors (Lipinski definition) is 2. The highest BCUT2D eigenvalue weighted by Crippen LogP contribution is 2.32. The zero-order valence-corrected chi connectivity index (χ0v) is 16.1. The molecule has 2 aliphatic rings. The molecular formula is C18H31ClN4O2. The van der Waals surface area contributed by atoms with E-state index in [2.05, 4.69) is 27.7 Å². The minimum atomic E-state index is 0. The first-order valence-corrected chi connectivity index (χ1v) is 9.45. The predicted molar refractivity (Wildman–Crippen MR) is 98.9 cm³/mol. The molecule has 1 amide bonds. The largest absolute Gasteiger partial charge is 0.353 e. The fourth-order valence-corrected chi connectivity index (χ4v) is 3.88. The van der Waals surface area contributed by atoms with Crippen LogP contribution in [0.2, 0.25) is 0 Å². The molecule has 2 fully saturated rings. The minimum absolute atomic E-state index is 0. The summed E-state index contributed by atoms with van der Waals surface area (Å²) in [4.78, 5) is 16.8. The molecular weight excluding hydrogens is 340 g/mol. The van der Waals surface area contributed by atoms with Crippen LogP contribution in [-0.2, 0) is 11.2 Å². The van der Waals surface area contributed by atoms with E-state index in [9.17, 15) is 4.79 Å². The normalized spacial score (nSPS) is 25.4. The Hall–Kier alpha value is -1.14. The van der Waals surface area contributed by atoms with Crippen molar-refractivity contribution in [2.75, 3.05) is 7.05 Å². The first-order chi connectivity index (χ1) is 11.7. The highest BCUT2D eigenvalue weighted by atomic mass is 35.5. The molecule has 6 nitrogen and oxygen atoms in total. The summed E-state index contributed by atoms with van der Waals surface area (Å²) in [6, 6.07) is 0.665. The molecule has 25 heavy (non-hydrogen) atoms. The van der Waals surface area contributed by atoms with Gasteiger partial charge in [0.05, 0.1) is 0 Å². The smallest absolute Gasteiger partial charge is 0.229 e. The summed E-state index contributed by atoms with van der Waals surface area (Å²) < 4.78 is 5.47. The maximum absolute atomic E-state index is 12.2. The molecule has 142 valence electrons. The molecule has 2 aliphatic carbocycles. The number of carbonyl (C=O) groups is 1. The summed E-state index contributed by atoms with van der Waals surface area (Å²) in [5.74, 6) is 2.43. The Morgan fingerprint density at radius 2 is 1.88 bits per heavy atom. The van der Waals surface area contributed by atoms with Gasteiger partial charge in [0.25, 0.3) is 0 Å². The lowest BCUT2D eigenvalue weighted by Crippen LogP contribution is -2.40. The highest BCUT2D eigenvalue weighted by Gasteiger charge is 2.29. The summed E-state index contributed by atoms with van der Waals surface area (Å²) >= 11 is 0. The molecule has 2 saturated carbocycles. The number of nitrogens with one attached hydrogen (secondary N) is 2. The van der Waals surface area contributed by atoms with Crippen LogP contribution in [0.1, 0.15) is 75.9 Å². The molecule has 0 saturated heterocycles. The zero-order valence-electron chi connectivity index (χ0n) is 15.3. The molecule has 0 radical (unpaired) electrons. The van der Waals surface area contributed by atoms with Crippen LogP contribution in [0.5, 0.6) is 0 Å². The first kappa shape index (κ1) is 20.2. The molecule has 0 aliphatic heterocycles. The number of hydrogen-bond acceptors (Lipinski definition) is 5. The molecule has 1 aromatic heterocycles. The second-order valence-electron chi connectivity index (χ2n) is 7.48. The second kappa shape index (κ2) is 9.53. The van der Waals surface area contributed by atoms with Crippen molar-refractivity contribution >= 4 is 18.3 Å². The molecule has 0 spiro atoms. The molecule has 1 atom stereocenters. The van der Waals surface area contributed by atoms with Gasteiger partial charge < -0.3 is 15.2 Å². The zero-order chi connectivity index (χ0) is 16.9. The van der Waals surface area contributed by atoms with Crippen molar-refractivity contribution in [1.29, 1.82) is 0 Å². The van der Waals surface area contributed by atoms with E-state index in [-0.39, 0.29) is 24.2 Å². The quantitative estimate of drug-likeness (QED) is 0.804. The van der Waals surface area contributed by atoms with Gasteiger partial charge in [0.2, 0.25) is 11.8 Å². The summed E-state index contributed by atoms with van der Waals surface area (Å²) in [5.41, 5.74) is 0. The van der Waals surface area contributed by atoms with Crippen LogP contribution in [-0.4, -0.2) is 35.2 Å². The summed E-state index contributed by atoms with van der Waals surface area (Å²) in [6.07, 6.45) is 9.37. The van der Waals surface area contributed by atoms with Crippen molar-refractivity contribution in [2.45, 2.75) is 82.7 Å². The number of nitrogens with zero attached hydrogens (tertiary/aromatic N) is 2. The Kier molecular flexibility index (Phi) is 7.69. The van der Waals surface area contributed by atoms with Crippen LogP contribution in [0, 0.1) is 5.92 Å². The van der Waals surface area contributed by atoms with Crippen LogP contribution in [0.4, 0.5) is 0 Å². The van der Waals surface area contributed by atoms with Crippen molar-refractivity contribution in [2.24, 2.45) is 5.92 Å². The fourth-order valence-electron chi connectivity index (χ4n) is 3.88. The fraction of sp³-hybridized carbons (Fsp3) is 0.833. The maximum atomic E-state index is 12.2. The number of likely N-dealkylation sites (N-methyl/N-ethyl adjacent to an activating group) is 1. The Morgan fingerprint density at radius 1 is 1.20 bits per heavy atom. The molecule has 1 aromatic rings. The average molecular weight is 371 g/mol. The molecule has 1 heterocycles. The van der Waals surface area contributed by atoms with Gasteiger partial charge in [0, 0.05) is 30.3 Å². The lowest BCUT2D eigenvalue weighted by molar-refractivity contribution is -0.125. The highest BCUT2D eigenvalue weighted by molar-refractivity contribution is 5.85. The standard InChI is InChI=1S/C18H30N4O2.ClH/c1-12(19-2)11-16-21-18(24-22-16)14-7-9-15(10-8-14)20-17(23)13-5-3-4-6-13;/h12-15,19H,3-11H2,1-2H3,(H,20,23);1H. The van der Waals surface area contributed by atoms with E-state index in [1.54, 1.807) is 0 Å². The van der Waals surface area contributed by atoms with E-state index in [1.165, 1.54) is 12.8 Å². The van der Waals surface area contributed by atoms with Gasteiger partial charge >= 0.3 is 0 Å². The van der Waals surface area contributed by atoms with Gasteiger partial charge in [-0.25, -0.2) is 0 Å². The van der Waals surface area contributed by atoms with E-state index in [4.69, 9.17) is 4.52 Å². The molecule has 3 rings (SSSR count). The summed E-state index contributed by atoms with van der Waals surface area (Å²) in [5, 5.41) is 10.5. The van der Waals surface area contributed by atoms with Crippen molar-refractivity contribution < 1.29 is 9.32 Å². The topological polar surface area (TPSA) is 80.0 Å². The van der Waals surface area contributed by atoms with Crippen molar-refractivity contribution in [3.63, 3.8) is 0 Å². The van der Waals surface area contributed by atoms with E-state index < -0.39 is 0 Å². The summed E-state index contributed by atoms with van der Waals surface area (Å²) in [7, 11) is 1.94. The van der Waals surface area contributed by atoms with Gasteiger partial charge in [0.15, 0.2) is 5.82 Å². The van der Waals surface area contributed by atoms with Gasteiger partial charge in [0.1, 0.15) is 0 Å². The Balaban J connectivity index is 0.00000225. The third-order valence-electron chi connectivity index (χ3n) is 5.61. The second-order valence-corrected chi connectivity index (χ2v) is 7.48. The molecule has 0 bridgehead atoms. The van der Waals surface area contributed by atoms with Gasteiger partial charge in [-0.1, -0.05) is 18.0 Å². The molecule has 0 aromatic carbocycles. The van der Waals surface area contributed by atoms with Gasteiger partial charge in [-0.05, 0) is 52.5 Å². The van der Waals surface area contributed by atoms with Crippen LogP contribution in [0.15, 0.2) is 4.52 Å². The van der Waals surface area contributed by atoms with Gasteiger partial charge in [-0.15, -0.1) is 12.4 Å². The third kappa shape index (κ3) is 5.42. The number of amides is 1. The van der Waals surface area contributed by atoms with E-state index >= 15 is 0 Å². The maximum Gasteiger partial charge on any atom is 0.229 e. The Morgan fingerprint density at radius 3 is 2.52 bits per heavy atom. The van der Waals surface area contributed by atoms with Crippen molar-refractivity contribution in [3.05, 3.63) is 11.7 Å². The van der Waals surface area contributed by atoms with Crippen LogP contribution >= 0.6 is 12.4 Å². The van der Waals surface area contributed by atoms with Crippen LogP contribution in [0.25, 0.3) is 0 Å². The Labute approximate surface area is 156 Å². The minimum Gasteiger partial charge on any atom is -0.353 e. The average Bonchev–Trinajstić information content (AvgIpc) is 3.27. The Bertz CT molecular complexity index is 537. The molecule has 2 N–H and O–H groups in total. The van der Waals surface area contributed by atoms with Gasteiger partial charge in [-0.2, -0.15) is 4.98 Å². The SMILES string of the molecule is CNC(C)Cc1noc(C2CCC(NC(=O)C3CCCC3)CC2)n1.Cl. The van der Waals surface area contributed by atoms with Crippen LogP contribution < -0.4 is 10.6 Å². The molecule has 7 heteroatoms. The lowest BCUT2D eigenvalue weighted by atomic mass is 9.85. The number of carbonyl (C=O) groups excluding carboxylic acids is 1. The van der Waals surface area contributed by atoms with Crippen molar-refractivity contribution in [3.8, 4) is 0 Å². The summed E-state index contributed by atoms with van der Waals surface area (Å²) in [6.45, 7) is 2.11. The van der Waals surface area contributed by atoms with E-state index in [1.807, 2.05) is 7.05 Å². The van der Waals surface area contributed by atoms with E-state index in [0.717, 1.165) is 56.7 Å². The van der Waals surface area contributed by atoms with E-state index in [0.29, 0.717) is 18.0 Å². The first-order valence-electron chi connectivity index (χ1n) is 9.45. The van der Waals surface area contributed by atoms with Crippen LogP contribution in [0.3, 0.4) is 0 Å². The predicted octanol–water partition coefficient (Wildman–Crippen LogP) is 2.97. The number of rotatable bonds is 6.